The maximum absolute atomic E-state index is 7.00. The predicted octanol–water partition coefficient (Wildman–Crippen LogP) is 1.81. The Bertz CT molecular complexity index is 46.2. The monoisotopic (exact) mass is 300 g/mol. The molecule has 0 radical (unpaired) electrons. The number of unbranched alkanes of at least 4 members (excludes halogenated alkanes) is 2. The Morgan fingerprint density at radius 3 is 1.31 bits per heavy atom. The summed E-state index contributed by atoms with van der Waals surface area (Å²) in [6.07, 6.45) is 5.89. The molecule has 0 saturated heterocycles. The molecular weight excluding hydrogens is 271 g/mol. The minimum Gasteiger partial charge on any atom is -0.400 e. The van der Waals surface area contributed by atoms with Gasteiger partial charge in [0.05, 0.1) is 0 Å². The fourth-order valence-electron chi connectivity index (χ4n) is 1.03. The SMILES string of the molecule is CCC[CH2][SnH2][CH2]CCC.CO.CO. The summed E-state index contributed by atoms with van der Waals surface area (Å²) >= 11 is -0.159. The molecule has 13 heavy (non-hydrogen) atoms. The first kappa shape index (κ1) is 19.3. The molecule has 0 rings (SSSR count). The Labute approximate surface area is 94.0 Å². The van der Waals surface area contributed by atoms with Crippen molar-refractivity contribution < 1.29 is 10.2 Å². The molecule has 0 spiro atoms. The van der Waals surface area contributed by atoms with E-state index in [9.17, 15) is 0 Å². The van der Waals surface area contributed by atoms with E-state index in [1.54, 1.807) is 8.87 Å². The van der Waals surface area contributed by atoms with Crippen LogP contribution in [-0.2, 0) is 0 Å². The maximum Gasteiger partial charge on any atom is 0.0319 e. The van der Waals surface area contributed by atoms with Crippen molar-refractivity contribution in [1.82, 2.24) is 0 Å². The van der Waals surface area contributed by atoms with Gasteiger partial charge in [-0.05, 0) is 0 Å². The van der Waals surface area contributed by atoms with Crippen LogP contribution in [0.4, 0.5) is 0 Å². The summed E-state index contributed by atoms with van der Waals surface area (Å²) in [6.45, 7) is 4.59. The molecule has 0 aliphatic carbocycles. The van der Waals surface area contributed by atoms with Gasteiger partial charge >= 0.3 is 69.5 Å². The first-order valence-corrected chi connectivity index (χ1v) is 11.0. The van der Waals surface area contributed by atoms with E-state index in [1.807, 2.05) is 0 Å². The smallest absolute Gasteiger partial charge is 0.0319 e. The van der Waals surface area contributed by atoms with Gasteiger partial charge in [-0.15, -0.1) is 0 Å². The molecule has 0 aliphatic heterocycles. The first-order valence-electron chi connectivity index (χ1n) is 5.31. The van der Waals surface area contributed by atoms with Crippen molar-refractivity contribution in [3.8, 4) is 0 Å². The van der Waals surface area contributed by atoms with Gasteiger partial charge in [0.15, 0.2) is 0 Å². The minimum atomic E-state index is -0.159. The second-order valence-corrected chi connectivity index (χ2v) is 8.82. The van der Waals surface area contributed by atoms with Gasteiger partial charge in [-0.2, -0.15) is 0 Å². The summed E-state index contributed by atoms with van der Waals surface area (Å²) in [6, 6.07) is 0. The molecule has 0 fully saturated rings. The molecule has 2 N–H and O–H groups in total. The van der Waals surface area contributed by atoms with E-state index in [1.165, 1.54) is 25.7 Å². The largest absolute Gasteiger partial charge is 0.400 e. The zero-order valence-electron chi connectivity index (χ0n) is 9.84. The van der Waals surface area contributed by atoms with E-state index in [0.717, 1.165) is 14.2 Å². The van der Waals surface area contributed by atoms with Crippen LogP contribution in [0.5, 0.6) is 0 Å². The number of rotatable bonds is 6. The van der Waals surface area contributed by atoms with Crippen LogP contribution in [0.2, 0.25) is 8.87 Å². The van der Waals surface area contributed by atoms with Crippen LogP contribution in [0.15, 0.2) is 0 Å². The molecule has 0 aliphatic rings. The van der Waals surface area contributed by atoms with Gasteiger partial charge in [-0.1, -0.05) is 0 Å². The fraction of sp³-hybridized carbons (Fsp3) is 1.00. The van der Waals surface area contributed by atoms with Crippen LogP contribution in [-0.4, -0.2) is 45.6 Å². The maximum atomic E-state index is 7.00. The Morgan fingerprint density at radius 2 is 1.08 bits per heavy atom. The van der Waals surface area contributed by atoms with Gasteiger partial charge in [0.25, 0.3) is 0 Å². The summed E-state index contributed by atoms with van der Waals surface area (Å²) in [5.41, 5.74) is 0. The summed E-state index contributed by atoms with van der Waals surface area (Å²) in [5.74, 6) is 0. The Morgan fingerprint density at radius 1 is 0.769 bits per heavy atom. The molecule has 0 heterocycles. The molecule has 3 heteroatoms. The molecule has 0 atom stereocenters. The molecule has 0 saturated carbocycles. The van der Waals surface area contributed by atoms with Crippen molar-refractivity contribution in [2.45, 2.75) is 48.4 Å². The summed E-state index contributed by atoms with van der Waals surface area (Å²) < 4.78 is 3.33. The number of hydrogen-bond donors (Lipinski definition) is 2. The van der Waals surface area contributed by atoms with Gasteiger partial charge in [-0.25, -0.2) is 0 Å². The van der Waals surface area contributed by atoms with E-state index in [0.29, 0.717) is 0 Å². The molecule has 0 aromatic heterocycles. The predicted molar refractivity (Wildman–Crippen MR) is 64.3 cm³/mol. The molecule has 0 aromatic rings. The Kier molecular flexibility index (Phi) is 43.6. The van der Waals surface area contributed by atoms with Crippen LogP contribution in [0, 0.1) is 0 Å². The zero-order valence-corrected chi connectivity index (χ0v) is 13.9. The molecule has 84 valence electrons. The summed E-state index contributed by atoms with van der Waals surface area (Å²) in [4.78, 5) is 0. The third-order valence-electron chi connectivity index (χ3n) is 1.71. The molecule has 0 amide bonds. The van der Waals surface area contributed by atoms with Crippen molar-refractivity contribution in [3.05, 3.63) is 0 Å². The van der Waals surface area contributed by atoms with E-state index < -0.39 is 0 Å². The van der Waals surface area contributed by atoms with E-state index >= 15 is 0 Å². The number of hydrogen-bond acceptors (Lipinski definition) is 2. The Hall–Kier alpha value is 0.719. The third kappa shape index (κ3) is 32.4. The minimum absolute atomic E-state index is 0.159. The van der Waals surface area contributed by atoms with Crippen LogP contribution in [0.3, 0.4) is 0 Å². The second kappa shape index (κ2) is 29.3. The van der Waals surface area contributed by atoms with E-state index in [4.69, 9.17) is 10.2 Å². The average molecular weight is 299 g/mol. The summed E-state index contributed by atoms with van der Waals surface area (Å²) in [7, 11) is 2.00. The molecular formula is C10H28O2Sn. The van der Waals surface area contributed by atoms with E-state index in [-0.39, 0.29) is 21.1 Å². The molecule has 0 unspecified atom stereocenters. The molecule has 0 aromatic carbocycles. The van der Waals surface area contributed by atoms with Crippen LogP contribution >= 0.6 is 0 Å². The Balaban J connectivity index is -0.000000218. The number of aliphatic hydroxyl groups excluding tert-OH is 2. The van der Waals surface area contributed by atoms with Crippen LogP contribution in [0.25, 0.3) is 0 Å². The van der Waals surface area contributed by atoms with Crippen molar-refractivity contribution >= 4 is 21.1 Å². The second-order valence-electron chi connectivity index (χ2n) is 2.77. The van der Waals surface area contributed by atoms with Gasteiger partial charge < -0.3 is 10.2 Å². The van der Waals surface area contributed by atoms with Gasteiger partial charge in [0.1, 0.15) is 0 Å². The molecule has 0 bridgehead atoms. The normalized spacial score (nSPS) is 7.85. The van der Waals surface area contributed by atoms with Gasteiger partial charge in [-0.3, -0.25) is 0 Å². The van der Waals surface area contributed by atoms with Crippen molar-refractivity contribution in [2.24, 2.45) is 0 Å². The van der Waals surface area contributed by atoms with Gasteiger partial charge in [0, 0.05) is 14.2 Å². The first-order chi connectivity index (χ1) is 6.41. The molecule has 2 nitrogen and oxygen atoms in total. The van der Waals surface area contributed by atoms with Crippen LogP contribution < -0.4 is 0 Å². The zero-order chi connectivity index (χ0) is 10.9. The summed E-state index contributed by atoms with van der Waals surface area (Å²) in [5, 5.41) is 14.0. The van der Waals surface area contributed by atoms with Crippen molar-refractivity contribution in [1.29, 1.82) is 0 Å². The average Bonchev–Trinajstić information content (AvgIpc) is 2.24. The topological polar surface area (TPSA) is 40.5 Å². The quantitative estimate of drug-likeness (QED) is 0.580. The standard InChI is InChI=1S/2C4H9.2CH4O.Sn.2H/c2*1-3-4-2;2*1-2;;;/h2*1,3-4H2,2H3;2*2H,1H3;;;. The van der Waals surface area contributed by atoms with Crippen LogP contribution in [0.1, 0.15) is 39.5 Å². The van der Waals surface area contributed by atoms with E-state index in [2.05, 4.69) is 13.8 Å². The van der Waals surface area contributed by atoms with Gasteiger partial charge in [0.2, 0.25) is 0 Å². The third-order valence-corrected chi connectivity index (χ3v) is 7.42. The number of aliphatic hydroxyl groups is 2. The van der Waals surface area contributed by atoms with Crippen molar-refractivity contribution in [2.75, 3.05) is 14.2 Å². The van der Waals surface area contributed by atoms with Crippen molar-refractivity contribution in [3.63, 3.8) is 0 Å². The fourth-order valence-corrected chi connectivity index (χ4v) is 6.91.